The number of nitrogens with zero attached hydrogens (tertiary/aromatic N) is 3. The largest absolute Gasteiger partial charge is 0.461 e. The van der Waals surface area contributed by atoms with Crippen molar-refractivity contribution in [3.8, 4) is 0 Å². The number of amides is 2. The number of hydrogen-bond acceptors (Lipinski definition) is 5. The van der Waals surface area contributed by atoms with Gasteiger partial charge in [-0.2, -0.15) is 5.10 Å². The van der Waals surface area contributed by atoms with Crippen LogP contribution in [0.15, 0.2) is 54.6 Å². The van der Waals surface area contributed by atoms with E-state index >= 15 is 0 Å². The lowest BCUT2D eigenvalue weighted by Crippen LogP contribution is -2.64. The molecule has 1 aromatic heterocycles. The Morgan fingerprint density at radius 1 is 1.11 bits per heavy atom. The van der Waals surface area contributed by atoms with Crippen LogP contribution in [-0.4, -0.2) is 51.2 Å². The summed E-state index contributed by atoms with van der Waals surface area (Å²) in [6.45, 7) is 6.36. The summed E-state index contributed by atoms with van der Waals surface area (Å²) in [5.41, 5.74) is 2.14. The van der Waals surface area contributed by atoms with Crippen LogP contribution in [0, 0.1) is 6.92 Å². The van der Waals surface area contributed by atoms with Crippen molar-refractivity contribution in [1.82, 2.24) is 20.0 Å². The summed E-state index contributed by atoms with van der Waals surface area (Å²) in [4.78, 5) is 41.0. The third-order valence-electron chi connectivity index (χ3n) is 6.38. The maximum atomic E-state index is 13.6. The van der Waals surface area contributed by atoms with Gasteiger partial charge in [-0.3, -0.25) is 14.3 Å². The summed E-state index contributed by atoms with van der Waals surface area (Å²) in [7, 11) is 0. The van der Waals surface area contributed by atoms with Crippen LogP contribution in [0.5, 0.6) is 0 Å². The molecule has 4 rings (SSSR count). The summed E-state index contributed by atoms with van der Waals surface area (Å²) in [5, 5.41) is 7.90. The number of carbonyl (C=O) groups excluding carboxylic acids is 3. The minimum atomic E-state index is -1.22. The van der Waals surface area contributed by atoms with Crippen molar-refractivity contribution >= 4 is 29.4 Å². The Labute approximate surface area is 215 Å². The van der Waals surface area contributed by atoms with Crippen molar-refractivity contribution in [2.75, 3.05) is 13.2 Å². The first-order valence-corrected chi connectivity index (χ1v) is 12.2. The molecule has 8 nitrogen and oxygen atoms in total. The topological polar surface area (TPSA) is 93.5 Å². The van der Waals surface area contributed by atoms with Crippen LogP contribution in [-0.2, 0) is 29.0 Å². The molecule has 2 aromatic carbocycles. The van der Waals surface area contributed by atoms with Crippen LogP contribution in [0.1, 0.15) is 51.5 Å². The molecule has 0 spiro atoms. The van der Waals surface area contributed by atoms with Gasteiger partial charge in [0.05, 0.1) is 13.2 Å². The third kappa shape index (κ3) is 5.28. The number of halogens is 1. The zero-order valence-electron chi connectivity index (χ0n) is 20.6. The molecule has 3 aromatic rings. The van der Waals surface area contributed by atoms with E-state index in [9.17, 15) is 14.4 Å². The highest BCUT2D eigenvalue weighted by atomic mass is 35.5. The fraction of sp³-hybridized carbons (Fsp3) is 0.333. The number of nitrogens with one attached hydrogen (secondary N) is 1. The Kier molecular flexibility index (Phi) is 7.45. The van der Waals surface area contributed by atoms with E-state index in [1.54, 1.807) is 30.9 Å². The summed E-state index contributed by atoms with van der Waals surface area (Å²) in [6, 6.07) is 16.7. The molecule has 9 heteroatoms. The molecular weight excluding hydrogens is 480 g/mol. The first kappa shape index (κ1) is 25.4. The second-order valence-corrected chi connectivity index (χ2v) is 9.50. The van der Waals surface area contributed by atoms with Gasteiger partial charge >= 0.3 is 5.97 Å². The van der Waals surface area contributed by atoms with E-state index in [2.05, 4.69) is 10.4 Å². The zero-order chi connectivity index (χ0) is 25.9. The van der Waals surface area contributed by atoms with Crippen molar-refractivity contribution in [3.63, 3.8) is 0 Å². The fourth-order valence-electron chi connectivity index (χ4n) is 4.27. The minimum Gasteiger partial charge on any atom is -0.461 e. The van der Waals surface area contributed by atoms with Gasteiger partial charge in [-0.05, 0) is 50.5 Å². The number of fused-ring (bicyclic) bond motifs is 1. The van der Waals surface area contributed by atoms with Crippen LogP contribution in [0.4, 0.5) is 0 Å². The van der Waals surface area contributed by atoms with Gasteiger partial charge in [-0.1, -0.05) is 53.6 Å². The summed E-state index contributed by atoms with van der Waals surface area (Å²) in [6.07, 6.45) is 0.530. The molecule has 0 aliphatic carbocycles. The Bertz CT molecular complexity index is 1270. The molecule has 0 saturated heterocycles. The highest BCUT2D eigenvalue weighted by molar-refractivity contribution is 6.30. The molecule has 2 heterocycles. The van der Waals surface area contributed by atoms with Crippen molar-refractivity contribution in [1.29, 1.82) is 0 Å². The second-order valence-electron chi connectivity index (χ2n) is 9.07. The maximum Gasteiger partial charge on any atom is 0.358 e. The van der Waals surface area contributed by atoms with Gasteiger partial charge in [0.15, 0.2) is 5.69 Å². The smallest absolute Gasteiger partial charge is 0.358 e. The van der Waals surface area contributed by atoms with E-state index in [0.29, 0.717) is 24.5 Å². The van der Waals surface area contributed by atoms with Gasteiger partial charge in [-0.25, -0.2) is 4.79 Å². The van der Waals surface area contributed by atoms with Gasteiger partial charge in [0.25, 0.3) is 5.91 Å². The molecule has 1 aliphatic rings. The van der Waals surface area contributed by atoms with E-state index in [-0.39, 0.29) is 36.4 Å². The Morgan fingerprint density at radius 3 is 2.44 bits per heavy atom. The molecule has 0 bridgehead atoms. The number of rotatable bonds is 8. The summed E-state index contributed by atoms with van der Waals surface area (Å²) in [5.74, 6) is -1.27. The molecule has 1 N–H and O–H groups in total. The average molecular weight is 509 g/mol. The minimum absolute atomic E-state index is 0.0437. The first-order valence-electron chi connectivity index (χ1n) is 11.9. The van der Waals surface area contributed by atoms with E-state index in [1.807, 2.05) is 43.3 Å². The number of carbonyl (C=O) groups is 3. The molecule has 2 amide bonds. The van der Waals surface area contributed by atoms with Crippen LogP contribution in [0.2, 0.25) is 5.02 Å². The molecule has 0 unspecified atom stereocenters. The van der Waals surface area contributed by atoms with E-state index < -0.39 is 11.5 Å². The molecule has 0 saturated carbocycles. The molecular formula is C27H29ClN4O4. The monoisotopic (exact) mass is 508 g/mol. The standard InChI is InChI=1S/C27H29ClN4O4/c1-4-36-25(34)22-15-23-24(33)31(14-13-19-9-11-21(28)12-10-19)27(3,17-32(23)30-22)26(35)29-16-20-7-5-18(2)6-8-20/h5-12,15H,4,13-14,16-17H2,1-3H3,(H,29,35)/t27-/m0/s1. The molecule has 1 aliphatic heterocycles. The van der Waals surface area contributed by atoms with Crippen LogP contribution >= 0.6 is 11.6 Å². The van der Waals surface area contributed by atoms with Crippen molar-refractivity contribution in [2.45, 2.75) is 45.8 Å². The fourth-order valence-corrected chi connectivity index (χ4v) is 4.39. The molecule has 0 radical (unpaired) electrons. The first-order chi connectivity index (χ1) is 17.2. The van der Waals surface area contributed by atoms with Crippen LogP contribution < -0.4 is 5.32 Å². The number of hydrogen-bond donors (Lipinski definition) is 1. The molecule has 1 atom stereocenters. The quantitative estimate of drug-likeness (QED) is 0.467. The lowest BCUT2D eigenvalue weighted by Gasteiger charge is -2.43. The molecule has 188 valence electrons. The van der Waals surface area contributed by atoms with Gasteiger partial charge in [-0.15, -0.1) is 0 Å². The summed E-state index contributed by atoms with van der Waals surface area (Å²) < 4.78 is 6.48. The van der Waals surface area contributed by atoms with Gasteiger partial charge < -0.3 is 15.0 Å². The molecule has 0 fully saturated rings. The van der Waals surface area contributed by atoms with Crippen LogP contribution in [0.3, 0.4) is 0 Å². The number of aromatic nitrogens is 2. The third-order valence-corrected chi connectivity index (χ3v) is 6.63. The Hall–Kier alpha value is -3.65. The predicted octanol–water partition coefficient (Wildman–Crippen LogP) is 3.80. The van der Waals surface area contributed by atoms with Gasteiger partial charge in [0.2, 0.25) is 5.91 Å². The molecule has 36 heavy (non-hydrogen) atoms. The number of aryl methyl sites for hydroxylation is 1. The van der Waals surface area contributed by atoms with Crippen molar-refractivity contribution < 1.29 is 19.1 Å². The number of ether oxygens (including phenoxy) is 1. The zero-order valence-corrected chi connectivity index (χ0v) is 21.3. The SMILES string of the molecule is CCOC(=O)c1cc2n(n1)C[C@@](C)(C(=O)NCc1ccc(C)cc1)N(CCc1ccc(Cl)cc1)C2=O. The van der Waals surface area contributed by atoms with Crippen molar-refractivity contribution in [2.24, 2.45) is 0 Å². The van der Waals surface area contributed by atoms with E-state index in [0.717, 1.165) is 16.7 Å². The van der Waals surface area contributed by atoms with Crippen molar-refractivity contribution in [3.05, 3.63) is 87.7 Å². The number of esters is 1. The van der Waals surface area contributed by atoms with Gasteiger partial charge in [0.1, 0.15) is 11.2 Å². The maximum absolute atomic E-state index is 13.6. The highest BCUT2D eigenvalue weighted by Crippen LogP contribution is 2.28. The average Bonchev–Trinajstić information content (AvgIpc) is 3.28. The van der Waals surface area contributed by atoms with Crippen LogP contribution in [0.25, 0.3) is 0 Å². The summed E-state index contributed by atoms with van der Waals surface area (Å²) >= 11 is 6.01. The Balaban J connectivity index is 1.61. The lowest BCUT2D eigenvalue weighted by atomic mass is 9.94. The van der Waals surface area contributed by atoms with E-state index in [1.165, 1.54) is 10.7 Å². The second kappa shape index (κ2) is 10.5. The normalized spacial score (nSPS) is 17.0. The highest BCUT2D eigenvalue weighted by Gasteiger charge is 2.48. The predicted molar refractivity (Wildman–Crippen MR) is 136 cm³/mol. The Morgan fingerprint density at radius 2 is 1.78 bits per heavy atom. The number of benzene rings is 2. The van der Waals surface area contributed by atoms with Gasteiger partial charge in [0, 0.05) is 24.2 Å². The lowest BCUT2D eigenvalue weighted by molar-refractivity contribution is -0.133. The van der Waals surface area contributed by atoms with E-state index in [4.69, 9.17) is 16.3 Å².